The maximum Gasteiger partial charge on any atom is 0.275 e. The lowest BCUT2D eigenvalue weighted by atomic mass is 10.8. The van der Waals surface area contributed by atoms with Gasteiger partial charge in [-0.1, -0.05) is 6.58 Å². The molecule has 0 bridgehead atoms. The van der Waals surface area contributed by atoms with E-state index in [-0.39, 0.29) is 0 Å². The number of rotatable bonds is 2. The molecule has 0 spiro atoms. The molecule has 0 N–H and O–H groups in total. The lowest BCUT2D eigenvalue weighted by Crippen LogP contribution is -2.08. The minimum Gasteiger partial charge on any atom is -0.200 e. The normalized spacial score (nSPS) is 11.2. The molecule has 5 heteroatoms. The summed E-state index contributed by atoms with van der Waals surface area (Å²) in [5, 5.41) is 4.36. The summed E-state index contributed by atoms with van der Waals surface area (Å²) in [5.74, 6) is 0. The minimum atomic E-state index is -3.39. The largest absolute Gasteiger partial charge is 0.275 e. The predicted molar refractivity (Wildman–Crippen MR) is 36.7 cm³/mol. The predicted octanol–water partition coefficient (Wildman–Crippen LogP) is 0.205. The summed E-state index contributed by atoms with van der Waals surface area (Å²) in [5.41, 5.74) is 0. The number of hydrogen-bond donors (Lipinski definition) is 0. The number of nitrogens with zero attached hydrogens (tertiary/aromatic N) is 2. The van der Waals surface area contributed by atoms with Gasteiger partial charge >= 0.3 is 0 Å². The van der Waals surface area contributed by atoms with Gasteiger partial charge in [-0.25, -0.2) is 0 Å². The van der Waals surface area contributed by atoms with Crippen LogP contribution < -0.4 is 0 Å². The minimum absolute atomic E-state index is 0.847. The van der Waals surface area contributed by atoms with Gasteiger partial charge in [0.15, 0.2) is 0 Å². The van der Waals surface area contributed by atoms with Crippen molar-refractivity contribution < 1.29 is 8.42 Å². The monoisotopic (exact) mass is 158 g/mol. The van der Waals surface area contributed by atoms with Gasteiger partial charge in [0.1, 0.15) is 0 Å². The van der Waals surface area contributed by atoms with Crippen LogP contribution in [0.3, 0.4) is 0 Å². The van der Waals surface area contributed by atoms with Gasteiger partial charge in [0.05, 0.1) is 6.20 Å². The topological polar surface area (TPSA) is 52.0 Å². The average Bonchev–Trinajstić information content (AvgIpc) is 2.38. The first-order valence-electron chi connectivity index (χ1n) is 2.54. The van der Waals surface area contributed by atoms with Crippen LogP contribution in [0.5, 0.6) is 0 Å². The Balaban J connectivity index is 3.22. The highest BCUT2D eigenvalue weighted by atomic mass is 32.2. The number of hydrogen-bond acceptors (Lipinski definition) is 3. The van der Waals surface area contributed by atoms with Gasteiger partial charge in [0.25, 0.3) is 10.0 Å². The SMILES string of the molecule is C=CS(=O)(=O)n1cccn1. The highest BCUT2D eigenvalue weighted by Crippen LogP contribution is 1.94. The Labute approximate surface area is 58.8 Å². The zero-order valence-electron chi connectivity index (χ0n) is 5.14. The molecule has 0 saturated heterocycles. The summed E-state index contributed by atoms with van der Waals surface area (Å²) in [6.45, 7) is 3.14. The molecule has 0 fully saturated rings. The van der Waals surface area contributed by atoms with E-state index in [1.807, 2.05) is 0 Å². The van der Waals surface area contributed by atoms with Crippen LogP contribution in [0.4, 0.5) is 0 Å². The van der Waals surface area contributed by atoms with E-state index < -0.39 is 10.0 Å². The van der Waals surface area contributed by atoms with Crippen molar-refractivity contribution in [1.29, 1.82) is 0 Å². The summed E-state index contributed by atoms with van der Waals surface area (Å²) < 4.78 is 22.5. The molecule has 0 atom stereocenters. The lowest BCUT2D eigenvalue weighted by Gasteiger charge is -1.93. The fourth-order valence-corrected chi connectivity index (χ4v) is 1.06. The Morgan fingerprint density at radius 2 is 2.30 bits per heavy atom. The van der Waals surface area contributed by atoms with Crippen molar-refractivity contribution in [1.82, 2.24) is 9.19 Å². The second kappa shape index (κ2) is 2.26. The fourth-order valence-electron chi connectivity index (χ4n) is 0.482. The van der Waals surface area contributed by atoms with Gasteiger partial charge in [-0.3, -0.25) is 0 Å². The molecule has 0 aliphatic rings. The molecule has 1 rings (SSSR count). The fraction of sp³-hybridized carbons (Fsp3) is 0. The standard InChI is InChI=1S/C5H6N2O2S/c1-2-10(8,9)7-5-3-4-6-7/h2-5H,1H2. The molecule has 4 nitrogen and oxygen atoms in total. The molecular formula is C5H6N2O2S. The third-order valence-electron chi connectivity index (χ3n) is 0.951. The molecule has 1 aromatic heterocycles. The molecule has 54 valence electrons. The van der Waals surface area contributed by atoms with Crippen LogP contribution in [-0.2, 0) is 10.0 Å². The van der Waals surface area contributed by atoms with Gasteiger partial charge < -0.3 is 0 Å². The van der Waals surface area contributed by atoms with Crippen molar-refractivity contribution >= 4 is 10.0 Å². The van der Waals surface area contributed by atoms with E-state index in [0.29, 0.717) is 0 Å². The van der Waals surface area contributed by atoms with Gasteiger partial charge in [-0.05, 0) is 6.07 Å². The van der Waals surface area contributed by atoms with E-state index in [9.17, 15) is 8.42 Å². The average molecular weight is 158 g/mol. The molecule has 0 aromatic carbocycles. The summed E-state index contributed by atoms with van der Waals surface area (Å²) in [6.07, 6.45) is 2.73. The molecule has 1 heterocycles. The summed E-state index contributed by atoms with van der Waals surface area (Å²) >= 11 is 0. The molecule has 10 heavy (non-hydrogen) atoms. The molecule has 0 radical (unpaired) electrons. The van der Waals surface area contributed by atoms with Gasteiger partial charge in [0, 0.05) is 11.6 Å². The van der Waals surface area contributed by atoms with Crippen LogP contribution in [0.25, 0.3) is 0 Å². The van der Waals surface area contributed by atoms with Crippen molar-refractivity contribution in [2.75, 3.05) is 0 Å². The molecule has 1 aromatic rings. The van der Waals surface area contributed by atoms with E-state index in [2.05, 4.69) is 11.7 Å². The first-order valence-corrected chi connectivity index (χ1v) is 4.05. The van der Waals surface area contributed by atoms with E-state index >= 15 is 0 Å². The Bertz CT molecular complexity index is 311. The van der Waals surface area contributed by atoms with Crippen LogP contribution in [0.1, 0.15) is 0 Å². The van der Waals surface area contributed by atoms with Crippen molar-refractivity contribution in [3.05, 3.63) is 30.4 Å². The summed E-state index contributed by atoms with van der Waals surface area (Å²) in [6, 6.07) is 1.53. The molecule has 0 aliphatic carbocycles. The van der Waals surface area contributed by atoms with Gasteiger partial charge in [-0.2, -0.15) is 17.6 Å². The van der Waals surface area contributed by atoms with Crippen molar-refractivity contribution in [3.8, 4) is 0 Å². The molecule has 0 amide bonds. The first kappa shape index (κ1) is 7.01. The van der Waals surface area contributed by atoms with Gasteiger partial charge in [0.2, 0.25) is 0 Å². The maximum atomic E-state index is 10.8. The molecular weight excluding hydrogens is 152 g/mol. The van der Waals surface area contributed by atoms with Crippen molar-refractivity contribution in [2.24, 2.45) is 0 Å². The van der Waals surface area contributed by atoms with Crippen LogP contribution in [0, 0.1) is 0 Å². The van der Waals surface area contributed by atoms with Crippen molar-refractivity contribution in [3.63, 3.8) is 0 Å². The van der Waals surface area contributed by atoms with Crippen LogP contribution in [0.15, 0.2) is 30.4 Å². The van der Waals surface area contributed by atoms with E-state index in [4.69, 9.17) is 0 Å². The van der Waals surface area contributed by atoms with Crippen molar-refractivity contribution in [2.45, 2.75) is 0 Å². The molecule has 0 saturated carbocycles. The maximum absolute atomic E-state index is 10.8. The Hall–Kier alpha value is -1.10. The second-order valence-corrected chi connectivity index (χ2v) is 3.33. The smallest absolute Gasteiger partial charge is 0.200 e. The van der Waals surface area contributed by atoms with Crippen LogP contribution >= 0.6 is 0 Å². The first-order chi connectivity index (χ1) is 4.67. The second-order valence-electron chi connectivity index (χ2n) is 1.59. The van der Waals surface area contributed by atoms with Crippen LogP contribution in [0.2, 0.25) is 0 Å². The number of aromatic nitrogens is 2. The Kier molecular flexibility index (Phi) is 1.58. The Morgan fingerprint density at radius 1 is 1.60 bits per heavy atom. The third-order valence-corrected chi connectivity index (χ3v) is 2.11. The van der Waals surface area contributed by atoms with E-state index in [0.717, 1.165) is 9.50 Å². The summed E-state index contributed by atoms with van der Waals surface area (Å²) in [7, 11) is -3.39. The van der Waals surface area contributed by atoms with E-state index in [1.165, 1.54) is 18.5 Å². The molecule has 0 unspecified atom stereocenters. The van der Waals surface area contributed by atoms with Gasteiger partial charge in [-0.15, -0.1) is 0 Å². The quantitative estimate of drug-likeness (QED) is 0.618. The molecule has 0 aliphatic heterocycles. The van der Waals surface area contributed by atoms with Crippen LogP contribution in [-0.4, -0.2) is 17.6 Å². The highest BCUT2D eigenvalue weighted by molar-refractivity contribution is 7.92. The Morgan fingerprint density at radius 3 is 2.70 bits per heavy atom. The zero-order valence-corrected chi connectivity index (χ0v) is 5.95. The van der Waals surface area contributed by atoms with E-state index in [1.54, 1.807) is 0 Å². The zero-order chi connectivity index (χ0) is 7.61. The summed E-state index contributed by atoms with van der Waals surface area (Å²) in [4.78, 5) is 0. The highest BCUT2D eigenvalue weighted by Gasteiger charge is 2.04. The third kappa shape index (κ3) is 1.08. The lowest BCUT2D eigenvalue weighted by molar-refractivity contribution is 0.589.